The molecule has 0 aliphatic carbocycles. The number of nitrogens with zero attached hydrogens (tertiary/aromatic N) is 1. The Balaban J connectivity index is 1.58. The fourth-order valence-corrected chi connectivity index (χ4v) is 3.00. The number of methoxy groups -OCH3 is 1. The second-order valence-corrected chi connectivity index (χ2v) is 7.20. The number of esters is 1. The Kier molecular flexibility index (Phi) is 7.83. The average Bonchev–Trinajstić information content (AvgIpc) is 2.79. The molecule has 0 spiro atoms. The first-order valence-electron chi connectivity index (χ1n) is 9.73. The number of nitrogens with one attached hydrogen (secondary N) is 2. The van der Waals surface area contributed by atoms with Gasteiger partial charge >= 0.3 is 5.97 Å². The van der Waals surface area contributed by atoms with E-state index in [0.717, 1.165) is 11.3 Å². The first kappa shape index (κ1) is 22.8. The van der Waals surface area contributed by atoms with Crippen LogP contribution in [0.4, 0.5) is 5.69 Å². The molecule has 0 fully saturated rings. The molecule has 0 aliphatic heterocycles. The normalized spacial score (nSPS) is 10.6. The molecule has 164 valence electrons. The minimum atomic E-state index is -0.594. The summed E-state index contributed by atoms with van der Waals surface area (Å²) in [6.07, 6.45) is 1.47. The van der Waals surface area contributed by atoms with Gasteiger partial charge in [-0.2, -0.15) is 5.10 Å². The number of benzene rings is 3. The standard InChI is InChI=1S/C24H22ClN3O4/c1-16-6-5-7-18(12-16)26-15-23(29)28-27-14-17-10-11-21(22(13-17)31-2)32-24(30)19-8-3-4-9-20(19)25/h3-14,26H,15H2,1-2H3,(H,28,29). The molecule has 0 bridgehead atoms. The zero-order valence-corrected chi connectivity index (χ0v) is 18.3. The minimum Gasteiger partial charge on any atom is -0.493 e. The lowest BCUT2D eigenvalue weighted by Gasteiger charge is -2.10. The van der Waals surface area contributed by atoms with Crippen LogP contribution in [0.2, 0.25) is 5.02 Å². The van der Waals surface area contributed by atoms with E-state index in [1.165, 1.54) is 13.3 Å². The van der Waals surface area contributed by atoms with Gasteiger partial charge in [0.15, 0.2) is 11.5 Å². The van der Waals surface area contributed by atoms with Crippen LogP contribution in [0, 0.1) is 6.92 Å². The molecule has 3 rings (SSSR count). The molecule has 0 atom stereocenters. The molecule has 0 saturated carbocycles. The van der Waals surface area contributed by atoms with E-state index >= 15 is 0 Å². The van der Waals surface area contributed by atoms with Crippen molar-refractivity contribution in [1.82, 2.24) is 5.43 Å². The summed E-state index contributed by atoms with van der Waals surface area (Å²) in [4.78, 5) is 24.3. The number of anilines is 1. The van der Waals surface area contributed by atoms with Gasteiger partial charge in [0.1, 0.15) is 0 Å². The van der Waals surface area contributed by atoms with Gasteiger partial charge in [0.25, 0.3) is 5.91 Å². The molecule has 0 saturated heterocycles. The largest absolute Gasteiger partial charge is 0.493 e. The van der Waals surface area contributed by atoms with Gasteiger partial charge in [-0.1, -0.05) is 35.9 Å². The molecule has 0 aromatic heterocycles. The van der Waals surface area contributed by atoms with Gasteiger partial charge in [0.2, 0.25) is 0 Å². The lowest BCUT2D eigenvalue weighted by atomic mass is 10.2. The molecule has 0 aliphatic rings. The van der Waals surface area contributed by atoms with E-state index < -0.39 is 5.97 Å². The monoisotopic (exact) mass is 451 g/mol. The highest BCUT2D eigenvalue weighted by molar-refractivity contribution is 6.33. The van der Waals surface area contributed by atoms with E-state index in [9.17, 15) is 9.59 Å². The predicted molar refractivity (Wildman–Crippen MR) is 125 cm³/mol. The number of halogens is 1. The second kappa shape index (κ2) is 11.0. The van der Waals surface area contributed by atoms with Crippen LogP contribution in [-0.4, -0.2) is 31.7 Å². The smallest absolute Gasteiger partial charge is 0.345 e. The van der Waals surface area contributed by atoms with Crippen LogP contribution in [0.25, 0.3) is 0 Å². The number of carbonyl (C=O) groups excluding carboxylic acids is 2. The predicted octanol–water partition coefficient (Wildman–Crippen LogP) is 4.44. The molecule has 0 unspecified atom stereocenters. The number of carbonyl (C=O) groups is 2. The number of rotatable bonds is 8. The zero-order chi connectivity index (χ0) is 22.9. The van der Waals surface area contributed by atoms with Crippen LogP contribution in [0.1, 0.15) is 21.5 Å². The van der Waals surface area contributed by atoms with Crippen molar-refractivity contribution >= 4 is 35.4 Å². The van der Waals surface area contributed by atoms with Crippen molar-refractivity contribution < 1.29 is 19.1 Å². The first-order chi connectivity index (χ1) is 15.5. The van der Waals surface area contributed by atoms with Gasteiger partial charge in [-0.25, -0.2) is 10.2 Å². The van der Waals surface area contributed by atoms with Crippen LogP contribution < -0.4 is 20.2 Å². The van der Waals surface area contributed by atoms with Crippen LogP contribution in [0.15, 0.2) is 71.8 Å². The summed E-state index contributed by atoms with van der Waals surface area (Å²) >= 11 is 6.04. The Bertz CT molecular complexity index is 1150. The van der Waals surface area contributed by atoms with Crippen LogP contribution in [0.3, 0.4) is 0 Å². The molecule has 8 heteroatoms. The summed E-state index contributed by atoms with van der Waals surface area (Å²) in [5, 5.41) is 7.28. The van der Waals surface area contributed by atoms with Crippen molar-refractivity contribution in [1.29, 1.82) is 0 Å². The maximum atomic E-state index is 12.4. The van der Waals surface area contributed by atoms with Crippen molar-refractivity contribution in [3.05, 3.63) is 88.4 Å². The second-order valence-electron chi connectivity index (χ2n) is 6.80. The Hall–Kier alpha value is -3.84. The number of ether oxygens (including phenoxy) is 2. The van der Waals surface area contributed by atoms with Crippen molar-refractivity contribution in [3.63, 3.8) is 0 Å². The minimum absolute atomic E-state index is 0.0844. The SMILES string of the molecule is COc1cc(C=NNC(=O)CNc2cccc(C)c2)ccc1OC(=O)c1ccccc1Cl. The van der Waals surface area contributed by atoms with E-state index in [4.69, 9.17) is 21.1 Å². The van der Waals surface area contributed by atoms with Gasteiger partial charge in [-0.05, 0) is 60.5 Å². The topological polar surface area (TPSA) is 89.0 Å². The molecule has 0 radical (unpaired) electrons. The molecule has 7 nitrogen and oxygen atoms in total. The third kappa shape index (κ3) is 6.33. The third-order valence-corrected chi connectivity index (χ3v) is 4.69. The fourth-order valence-electron chi connectivity index (χ4n) is 2.79. The zero-order valence-electron chi connectivity index (χ0n) is 17.6. The van der Waals surface area contributed by atoms with Crippen molar-refractivity contribution in [2.45, 2.75) is 6.92 Å². The van der Waals surface area contributed by atoms with Crippen LogP contribution >= 0.6 is 11.6 Å². The third-order valence-electron chi connectivity index (χ3n) is 4.36. The van der Waals surface area contributed by atoms with E-state index in [1.807, 2.05) is 31.2 Å². The molecular weight excluding hydrogens is 430 g/mol. The summed E-state index contributed by atoms with van der Waals surface area (Å²) < 4.78 is 10.7. The highest BCUT2D eigenvalue weighted by Gasteiger charge is 2.15. The lowest BCUT2D eigenvalue weighted by Crippen LogP contribution is -2.25. The Morgan fingerprint density at radius 3 is 2.59 bits per heavy atom. The number of hydrazone groups is 1. The Labute approximate surface area is 191 Å². The van der Waals surface area contributed by atoms with Gasteiger partial charge in [-0.15, -0.1) is 0 Å². The molecule has 1 amide bonds. The fraction of sp³-hybridized carbons (Fsp3) is 0.125. The maximum absolute atomic E-state index is 12.4. The van der Waals surface area contributed by atoms with Crippen molar-refractivity contribution in [2.75, 3.05) is 19.0 Å². The number of aryl methyl sites for hydroxylation is 1. The number of hydrogen-bond donors (Lipinski definition) is 2. The van der Waals surface area contributed by atoms with Gasteiger partial charge in [-0.3, -0.25) is 4.79 Å². The van der Waals surface area contributed by atoms with E-state index in [0.29, 0.717) is 16.3 Å². The van der Waals surface area contributed by atoms with E-state index in [1.54, 1.807) is 42.5 Å². The molecular formula is C24H22ClN3O4. The summed E-state index contributed by atoms with van der Waals surface area (Å²) in [6, 6.07) is 19.2. The first-order valence-corrected chi connectivity index (χ1v) is 10.1. The summed E-state index contributed by atoms with van der Waals surface area (Å²) in [5.74, 6) is -0.313. The highest BCUT2D eigenvalue weighted by Crippen LogP contribution is 2.29. The molecule has 3 aromatic carbocycles. The summed E-state index contributed by atoms with van der Waals surface area (Å²) in [6.45, 7) is 2.06. The van der Waals surface area contributed by atoms with E-state index in [2.05, 4.69) is 15.8 Å². The summed E-state index contributed by atoms with van der Waals surface area (Å²) in [7, 11) is 1.46. The Morgan fingerprint density at radius 2 is 1.84 bits per heavy atom. The molecule has 0 heterocycles. The highest BCUT2D eigenvalue weighted by atomic mass is 35.5. The van der Waals surface area contributed by atoms with Gasteiger partial charge in [0, 0.05) is 5.69 Å². The van der Waals surface area contributed by atoms with Gasteiger partial charge < -0.3 is 14.8 Å². The van der Waals surface area contributed by atoms with Gasteiger partial charge in [0.05, 0.1) is 30.5 Å². The summed E-state index contributed by atoms with van der Waals surface area (Å²) in [5.41, 5.74) is 5.31. The quantitative estimate of drug-likeness (QED) is 0.229. The van der Waals surface area contributed by atoms with E-state index in [-0.39, 0.29) is 23.8 Å². The van der Waals surface area contributed by atoms with Crippen molar-refractivity contribution in [2.24, 2.45) is 5.10 Å². The van der Waals surface area contributed by atoms with Crippen LogP contribution in [-0.2, 0) is 4.79 Å². The lowest BCUT2D eigenvalue weighted by molar-refractivity contribution is -0.119. The Morgan fingerprint density at radius 1 is 1.03 bits per heavy atom. The molecule has 3 aromatic rings. The number of amides is 1. The van der Waals surface area contributed by atoms with Crippen LogP contribution in [0.5, 0.6) is 11.5 Å². The molecule has 32 heavy (non-hydrogen) atoms. The molecule has 2 N–H and O–H groups in total. The van der Waals surface area contributed by atoms with Crippen molar-refractivity contribution in [3.8, 4) is 11.5 Å². The maximum Gasteiger partial charge on any atom is 0.345 e. The average molecular weight is 452 g/mol. The number of hydrogen-bond acceptors (Lipinski definition) is 6.